The second-order valence-electron chi connectivity index (χ2n) is 5.02. The molecule has 1 heterocycles. The minimum absolute atomic E-state index is 0.0783. The van der Waals surface area contributed by atoms with Crippen molar-refractivity contribution in [1.29, 1.82) is 0 Å². The van der Waals surface area contributed by atoms with Crippen LogP contribution in [-0.2, 0) is 11.3 Å². The van der Waals surface area contributed by atoms with E-state index in [2.05, 4.69) is 11.9 Å². The highest BCUT2D eigenvalue weighted by atomic mass is 16.5. The third kappa shape index (κ3) is 2.72. The zero-order valence-electron chi connectivity index (χ0n) is 10.8. The molecule has 0 spiro atoms. The first-order chi connectivity index (χ1) is 8.61. The van der Waals surface area contributed by atoms with Crippen molar-refractivity contribution in [2.75, 3.05) is 7.11 Å². The van der Waals surface area contributed by atoms with Gasteiger partial charge in [0.05, 0.1) is 6.61 Å². The third-order valence-corrected chi connectivity index (χ3v) is 3.55. The smallest absolute Gasteiger partial charge is 0.373 e. The van der Waals surface area contributed by atoms with Crippen LogP contribution in [-0.4, -0.2) is 23.2 Å². The second-order valence-corrected chi connectivity index (χ2v) is 5.02. The molecule has 1 N–H and O–H groups in total. The first kappa shape index (κ1) is 13.1. The van der Waals surface area contributed by atoms with Gasteiger partial charge < -0.3 is 14.3 Å². The Morgan fingerprint density at radius 2 is 2.11 bits per heavy atom. The number of nitrogens with zero attached hydrogens (tertiary/aromatic N) is 1. The maximum absolute atomic E-state index is 11.1. The minimum atomic E-state index is -1.08. The first-order valence-corrected chi connectivity index (χ1v) is 6.33. The topological polar surface area (TPSA) is 72.6 Å². The molecule has 100 valence electrons. The third-order valence-electron chi connectivity index (χ3n) is 3.55. The molecule has 2 rings (SSSR count). The molecule has 0 unspecified atom stereocenters. The normalized spacial score (nSPS) is 24.1. The molecular formula is C13H19NO4. The largest absolute Gasteiger partial charge is 0.475 e. The van der Waals surface area contributed by atoms with E-state index in [-0.39, 0.29) is 18.3 Å². The average Bonchev–Trinajstić information content (AvgIpc) is 2.75. The van der Waals surface area contributed by atoms with Crippen LogP contribution in [0.1, 0.15) is 60.7 Å². The Morgan fingerprint density at radius 3 is 2.67 bits per heavy atom. The van der Waals surface area contributed by atoms with Gasteiger partial charge in [0.15, 0.2) is 5.89 Å². The molecule has 1 aromatic heterocycles. The Bertz CT molecular complexity index is 419. The summed E-state index contributed by atoms with van der Waals surface area (Å²) in [5.74, 6) is 0.403. The summed E-state index contributed by atoms with van der Waals surface area (Å²) in [4.78, 5) is 15.4. The molecule has 1 aromatic rings. The SMILES string of the molecule is COCc1nc(C2CCC(C)CC2)oc1C(=O)O. The van der Waals surface area contributed by atoms with Crippen LogP contribution in [0.2, 0.25) is 0 Å². The van der Waals surface area contributed by atoms with Gasteiger partial charge in [-0.05, 0) is 31.6 Å². The molecule has 0 amide bonds. The number of rotatable bonds is 4. The highest BCUT2D eigenvalue weighted by molar-refractivity contribution is 5.85. The van der Waals surface area contributed by atoms with Crippen LogP contribution < -0.4 is 0 Å². The summed E-state index contributed by atoms with van der Waals surface area (Å²) < 4.78 is 10.4. The van der Waals surface area contributed by atoms with E-state index in [1.54, 1.807) is 0 Å². The highest BCUT2D eigenvalue weighted by Crippen LogP contribution is 2.35. The lowest BCUT2D eigenvalue weighted by molar-refractivity contribution is 0.0652. The number of carbonyl (C=O) groups is 1. The summed E-state index contributed by atoms with van der Waals surface area (Å²) in [6, 6.07) is 0. The van der Waals surface area contributed by atoms with Crippen molar-refractivity contribution in [3.05, 3.63) is 17.3 Å². The molecule has 0 saturated heterocycles. The molecule has 0 aromatic carbocycles. The monoisotopic (exact) mass is 253 g/mol. The van der Waals surface area contributed by atoms with Gasteiger partial charge in [-0.1, -0.05) is 6.92 Å². The van der Waals surface area contributed by atoms with Gasteiger partial charge in [-0.3, -0.25) is 0 Å². The van der Waals surface area contributed by atoms with Crippen molar-refractivity contribution in [2.24, 2.45) is 5.92 Å². The van der Waals surface area contributed by atoms with Gasteiger partial charge in [0.1, 0.15) is 5.69 Å². The Morgan fingerprint density at radius 1 is 1.44 bits per heavy atom. The number of hydrogen-bond donors (Lipinski definition) is 1. The van der Waals surface area contributed by atoms with E-state index >= 15 is 0 Å². The van der Waals surface area contributed by atoms with Crippen LogP contribution in [0.15, 0.2) is 4.42 Å². The fourth-order valence-electron chi connectivity index (χ4n) is 2.45. The van der Waals surface area contributed by atoms with Gasteiger partial charge >= 0.3 is 5.97 Å². The predicted molar refractivity (Wildman–Crippen MR) is 64.5 cm³/mol. The zero-order chi connectivity index (χ0) is 13.1. The minimum Gasteiger partial charge on any atom is -0.475 e. The number of methoxy groups -OCH3 is 1. The number of ether oxygens (including phenoxy) is 1. The predicted octanol–water partition coefficient (Wildman–Crippen LogP) is 2.81. The van der Waals surface area contributed by atoms with Gasteiger partial charge in [0, 0.05) is 13.0 Å². The molecule has 0 aliphatic heterocycles. The van der Waals surface area contributed by atoms with Gasteiger partial charge in [-0.2, -0.15) is 0 Å². The van der Waals surface area contributed by atoms with Gasteiger partial charge in [0.2, 0.25) is 5.76 Å². The summed E-state index contributed by atoms with van der Waals surface area (Å²) >= 11 is 0. The Labute approximate surface area is 106 Å². The molecule has 1 aliphatic carbocycles. The summed E-state index contributed by atoms with van der Waals surface area (Å²) in [5, 5.41) is 9.06. The fourth-order valence-corrected chi connectivity index (χ4v) is 2.45. The molecule has 0 bridgehead atoms. The van der Waals surface area contributed by atoms with Gasteiger partial charge in [-0.25, -0.2) is 9.78 Å². The number of aromatic nitrogens is 1. The van der Waals surface area contributed by atoms with Crippen molar-refractivity contribution in [2.45, 2.75) is 45.1 Å². The van der Waals surface area contributed by atoms with Crippen LogP contribution in [0.3, 0.4) is 0 Å². The Hall–Kier alpha value is -1.36. The lowest BCUT2D eigenvalue weighted by atomic mass is 9.83. The van der Waals surface area contributed by atoms with Crippen LogP contribution >= 0.6 is 0 Å². The van der Waals surface area contributed by atoms with E-state index in [4.69, 9.17) is 14.3 Å². The molecule has 18 heavy (non-hydrogen) atoms. The van der Waals surface area contributed by atoms with E-state index in [1.807, 2.05) is 0 Å². The van der Waals surface area contributed by atoms with Crippen LogP contribution in [0, 0.1) is 5.92 Å². The Kier molecular flexibility index (Phi) is 4.01. The van der Waals surface area contributed by atoms with E-state index in [1.165, 1.54) is 7.11 Å². The van der Waals surface area contributed by atoms with E-state index in [9.17, 15) is 4.79 Å². The number of carboxylic acid groups (broad SMARTS) is 1. The molecule has 5 nitrogen and oxygen atoms in total. The van der Waals surface area contributed by atoms with Crippen molar-refractivity contribution < 1.29 is 19.1 Å². The molecular weight excluding hydrogens is 234 g/mol. The number of oxazole rings is 1. The van der Waals surface area contributed by atoms with Crippen LogP contribution in [0.5, 0.6) is 0 Å². The molecule has 1 fully saturated rings. The summed E-state index contributed by atoms with van der Waals surface area (Å²) in [6.45, 7) is 2.42. The number of carboxylic acids is 1. The second kappa shape index (κ2) is 5.52. The highest BCUT2D eigenvalue weighted by Gasteiger charge is 2.27. The molecule has 1 aliphatic rings. The van der Waals surface area contributed by atoms with Gasteiger partial charge in [-0.15, -0.1) is 0 Å². The quantitative estimate of drug-likeness (QED) is 0.893. The zero-order valence-corrected chi connectivity index (χ0v) is 10.8. The van der Waals surface area contributed by atoms with Crippen LogP contribution in [0.4, 0.5) is 0 Å². The number of hydrogen-bond acceptors (Lipinski definition) is 4. The number of aromatic carboxylic acids is 1. The molecule has 5 heteroatoms. The van der Waals surface area contributed by atoms with E-state index < -0.39 is 5.97 Å². The first-order valence-electron chi connectivity index (χ1n) is 6.33. The van der Waals surface area contributed by atoms with Crippen molar-refractivity contribution >= 4 is 5.97 Å². The lowest BCUT2D eigenvalue weighted by Gasteiger charge is -2.23. The average molecular weight is 253 g/mol. The van der Waals surface area contributed by atoms with Crippen molar-refractivity contribution in [1.82, 2.24) is 4.98 Å². The van der Waals surface area contributed by atoms with Crippen molar-refractivity contribution in [3.63, 3.8) is 0 Å². The van der Waals surface area contributed by atoms with E-state index in [0.717, 1.165) is 31.6 Å². The standard InChI is InChI=1S/C13H19NO4/c1-8-3-5-9(6-4-8)12-14-10(7-17-2)11(18-12)13(15)16/h8-9H,3-7H2,1-2H3,(H,15,16). The fraction of sp³-hybridized carbons (Fsp3) is 0.692. The maximum Gasteiger partial charge on any atom is 0.373 e. The molecule has 0 radical (unpaired) electrons. The van der Waals surface area contributed by atoms with E-state index in [0.29, 0.717) is 11.6 Å². The maximum atomic E-state index is 11.1. The summed E-state index contributed by atoms with van der Waals surface area (Å²) in [6.07, 6.45) is 4.34. The molecule has 0 atom stereocenters. The summed E-state index contributed by atoms with van der Waals surface area (Å²) in [7, 11) is 1.52. The van der Waals surface area contributed by atoms with Gasteiger partial charge in [0.25, 0.3) is 0 Å². The summed E-state index contributed by atoms with van der Waals surface area (Å²) in [5.41, 5.74) is 0.388. The van der Waals surface area contributed by atoms with Crippen LogP contribution in [0.25, 0.3) is 0 Å². The lowest BCUT2D eigenvalue weighted by Crippen LogP contribution is -2.11. The molecule has 1 saturated carbocycles. The Balaban J connectivity index is 2.18. The van der Waals surface area contributed by atoms with Crippen molar-refractivity contribution in [3.8, 4) is 0 Å².